The van der Waals surface area contributed by atoms with Crippen LogP contribution < -0.4 is 15.1 Å². The predicted molar refractivity (Wildman–Crippen MR) is 104 cm³/mol. The number of ether oxygens (including phenoxy) is 3. The Morgan fingerprint density at radius 2 is 1.75 bits per heavy atom. The molecule has 0 fully saturated rings. The van der Waals surface area contributed by atoms with E-state index in [-0.39, 0.29) is 29.3 Å². The summed E-state index contributed by atoms with van der Waals surface area (Å²) < 4.78 is 20.5. The lowest BCUT2D eigenvalue weighted by Gasteiger charge is -2.11. The van der Waals surface area contributed by atoms with E-state index in [9.17, 15) is 14.4 Å². The summed E-state index contributed by atoms with van der Waals surface area (Å²) in [5.41, 5.74) is -0.190. The molecule has 28 heavy (non-hydrogen) atoms. The highest BCUT2D eigenvalue weighted by Crippen LogP contribution is 2.33. The summed E-state index contributed by atoms with van der Waals surface area (Å²) in [6.07, 6.45) is 4.13. The van der Waals surface area contributed by atoms with E-state index in [1.807, 2.05) is 0 Å². The van der Waals surface area contributed by atoms with Gasteiger partial charge in [0.2, 0.25) is 0 Å². The number of benzene rings is 1. The number of esters is 1. The number of hydrogen-bond acceptors (Lipinski definition) is 7. The van der Waals surface area contributed by atoms with Gasteiger partial charge in [0.1, 0.15) is 5.58 Å². The normalized spacial score (nSPS) is 10.5. The van der Waals surface area contributed by atoms with Gasteiger partial charge in [-0.2, -0.15) is 0 Å². The SMILES string of the molecule is C=C(C)C(=O)Oc1cc2ccc(=O)oc2cc1OC(=O)OCCCCCCC. The van der Waals surface area contributed by atoms with Crippen LogP contribution in [0.4, 0.5) is 4.79 Å². The van der Waals surface area contributed by atoms with Crippen molar-refractivity contribution in [3.63, 3.8) is 0 Å². The molecule has 0 unspecified atom stereocenters. The topological polar surface area (TPSA) is 92.0 Å². The molecule has 0 aliphatic carbocycles. The first-order valence-corrected chi connectivity index (χ1v) is 9.21. The molecule has 7 heteroatoms. The van der Waals surface area contributed by atoms with E-state index in [0.29, 0.717) is 5.39 Å². The lowest BCUT2D eigenvalue weighted by atomic mass is 10.2. The summed E-state index contributed by atoms with van der Waals surface area (Å²) in [4.78, 5) is 35.3. The minimum atomic E-state index is -0.930. The van der Waals surface area contributed by atoms with Crippen LogP contribution in [0.25, 0.3) is 11.0 Å². The second-order valence-electron chi connectivity index (χ2n) is 6.38. The predicted octanol–water partition coefficient (Wildman–Crippen LogP) is 4.76. The third kappa shape index (κ3) is 6.26. The number of hydrogen-bond donors (Lipinski definition) is 0. The molecular weight excluding hydrogens is 364 g/mol. The fourth-order valence-electron chi connectivity index (χ4n) is 2.40. The van der Waals surface area contributed by atoms with E-state index in [4.69, 9.17) is 18.6 Å². The Morgan fingerprint density at radius 1 is 1.04 bits per heavy atom. The van der Waals surface area contributed by atoms with Gasteiger partial charge in [0.05, 0.1) is 6.61 Å². The van der Waals surface area contributed by atoms with Crippen LogP contribution in [0.2, 0.25) is 0 Å². The minimum absolute atomic E-state index is 0.00533. The summed E-state index contributed by atoms with van der Waals surface area (Å²) in [7, 11) is 0. The Kier molecular flexibility index (Phi) is 7.80. The molecule has 7 nitrogen and oxygen atoms in total. The smallest absolute Gasteiger partial charge is 0.434 e. The summed E-state index contributed by atoms with van der Waals surface area (Å²) in [6.45, 7) is 7.37. The van der Waals surface area contributed by atoms with Gasteiger partial charge in [-0.1, -0.05) is 39.2 Å². The van der Waals surface area contributed by atoms with Crippen molar-refractivity contribution in [2.75, 3.05) is 6.61 Å². The van der Waals surface area contributed by atoms with Gasteiger partial charge in [-0.3, -0.25) is 0 Å². The molecule has 0 saturated carbocycles. The molecule has 0 N–H and O–H groups in total. The molecule has 2 rings (SSSR count). The largest absolute Gasteiger partial charge is 0.513 e. The Balaban J connectivity index is 2.13. The van der Waals surface area contributed by atoms with Crippen LogP contribution in [-0.2, 0) is 9.53 Å². The molecule has 150 valence electrons. The van der Waals surface area contributed by atoms with Gasteiger partial charge in [0.15, 0.2) is 11.5 Å². The molecule has 0 bridgehead atoms. The van der Waals surface area contributed by atoms with Crippen molar-refractivity contribution >= 4 is 23.1 Å². The molecule has 1 aromatic carbocycles. The fourth-order valence-corrected chi connectivity index (χ4v) is 2.40. The average Bonchev–Trinajstić information content (AvgIpc) is 2.65. The Bertz CT molecular complexity index is 911. The molecule has 0 aliphatic heterocycles. The number of carbonyl (C=O) groups is 2. The van der Waals surface area contributed by atoms with Gasteiger partial charge >= 0.3 is 17.8 Å². The number of fused-ring (bicyclic) bond motifs is 1. The molecule has 0 atom stereocenters. The maximum absolute atomic E-state index is 12.0. The zero-order valence-corrected chi connectivity index (χ0v) is 16.1. The van der Waals surface area contributed by atoms with Crippen molar-refractivity contribution in [2.24, 2.45) is 0 Å². The van der Waals surface area contributed by atoms with Gasteiger partial charge in [-0.05, 0) is 25.5 Å². The monoisotopic (exact) mass is 388 g/mol. The van der Waals surface area contributed by atoms with Crippen molar-refractivity contribution in [3.8, 4) is 11.5 Å². The number of carbonyl (C=O) groups excluding carboxylic acids is 2. The summed E-state index contributed by atoms with van der Waals surface area (Å²) in [5, 5.41) is 0.501. The third-order valence-corrected chi connectivity index (χ3v) is 3.90. The van der Waals surface area contributed by atoms with Crippen LogP contribution in [0.5, 0.6) is 11.5 Å². The van der Waals surface area contributed by atoms with Crippen LogP contribution in [-0.4, -0.2) is 18.7 Å². The highest BCUT2D eigenvalue weighted by Gasteiger charge is 2.17. The first-order chi connectivity index (χ1) is 13.4. The van der Waals surface area contributed by atoms with Crippen LogP contribution in [0.1, 0.15) is 46.0 Å². The van der Waals surface area contributed by atoms with E-state index >= 15 is 0 Å². The second-order valence-corrected chi connectivity index (χ2v) is 6.38. The van der Waals surface area contributed by atoms with Crippen LogP contribution in [0, 0.1) is 0 Å². The molecule has 0 amide bonds. The molecule has 0 radical (unpaired) electrons. The van der Waals surface area contributed by atoms with Crippen molar-refractivity contribution < 1.29 is 28.2 Å². The van der Waals surface area contributed by atoms with Gasteiger partial charge in [-0.25, -0.2) is 14.4 Å². The molecule has 0 spiro atoms. The molecule has 1 aromatic heterocycles. The van der Waals surface area contributed by atoms with E-state index in [0.717, 1.165) is 32.1 Å². The lowest BCUT2D eigenvalue weighted by Crippen LogP contribution is -2.14. The Hall–Kier alpha value is -3.09. The molecule has 0 saturated heterocycles. The van der Waals surface area contributed by atoms with Crippen molar-refractivity contribution in [3.05, 3.63) is 46.8 Å². The second kappa shape index (κ2) is 10.3. The molecular formula is C21H24O7. The van der Waals surface area contributed by atoms with Crippen molar-refractivity contribution in [1.29, 1.82) is 0 Å². The Labute approximate surface area is 162 Å². The van der Waals surface area contributed by atoms with E-state index in [1.54, 1.807) is 0 Å². The standard InChI is InChI=1S/C21H24O7/c1-4-5-6-7-8-11-25-21(24)28-18-13-16-15(9-10-19(22)26-16)12-17(18)27-20(23)14(2)3/h9-10,12-13H,2,4-8,11H2,1,3H3. The van der Waals surface area contributed by atoms with Crippen molar-refractivity contribution in [1.82, 2.24) is 0 Å². The van der Waals surface area contributed by atoms with Crippen LogP contribution in [0.15, 0.2) is 45.6 Å². The van der Waals surface area contributed by atoms with Crippen LogP contribution >= 0.6 is 0 Å². The number of unbranched alkanes of at least 4 members (excludes halogenated alkanes) is 4. The molecule has 0 aliphatic rings. The third-order valence-electron chi connectivity index (χ3n) is 3.90. The maximum atomic E-state index is 12.0. The van der Waals surface area contributed by atoms with Crippen LogP contribution in [0.3, 0.4) is 0 Å². The zero-order valence-electron chi connectivity index (χ0n) is 16.1. The molecule has 2 aromatic rings. The zero-order chi connectivity index (χ0) is 20.5. The van der Waals surface area contributed by atoms with Gasteiger partial charge in [0, 0.05) is 23.1 Å². The minimum Gasteiger partial charge on any atom is -0.434 e. The van der Waals surface area contributed by atoms with Gasteiger partial charge in [-0.15, -0.1) is 0 Å². The lowest BCUT2D eigenvalue weighted by molar-refractivity contribution is -0.130. The Morgan fingerprint density at radius 3 is 2.46 bits per heavy atom. The van der Waals surface area contributed by atoms with E-state index in [1.165, 1.54) is 31.2 Å². The summed E-state index contributed by atoms with van der Waals surface area (Å²) in [5.74, 6) is -0.771. The average molecular weight is 388 g/mol. The molecule has 1 heterocycles. The first-order valence-electron chi connectivity index (χ1n) is 9.21. The maximum Gasteiger partial charge on any atom is 0.513 e. The first kappa shape index (κ1) is 21.2. The highest BCUT2D eigenvalue weighted by atomic mass is 16.7. The summed E-state index contributed by atoms with van der Waals surface area (Å²) >= 11 is 0. The number of rotatable bonds is 9. The van der Waals surface area contributed by atoms with Gasteiger partial charge < -0.3 is 18.6 Å². The van der Waals surface area contributed by atoms with E-state index < -0.39 is 17.8 Å². The van der Waals surface area contributed by atoms with E-state index in [2.05, 4.69) is 13.5 Å². The van der Waals surface area contributed by atoms with Crippen molar-refractivity contribution in [2.45, 2.75) is 46.0 Å². The fraction of sp³-hybridized carbons (Fsp3) is 0.381. The summed E-state index contributed by atoms with van der Waals surface area (Å²) in [6, 6.07) is 5.49. The quantitative estimate of drug-likeness (QED) is 0.153. The van der Waals surface area contributed by atoms with Gasteiger partial charge in [0.25, 0.3) is 0 Å². The highest BCUT2D eigenvalue weighted by molar-refractivity contribution is 5.90.